The number of nitrogens with zero attached hydrogens (tertiary/aromatic N) is 6. The SMILES string of the molecule is CC(C)(C(=S)Nc1cnc(C#N)c(C(F)(F)F)c1)n1cc(C#CC2CN(c3ccc4c(c3)C(=O)N(C3CCC(=O)NC3=O)C4=O)C2)cn1. The molecule has 12 nitrogen and oxygen atoms in total. The third-order valence-corrected chi connectivity index (χ3v) is 8.96. The lowest BCUT2D eigenvalue weighted by Gasteiger charge is -2.38. The predicted molar refractivity (Wildman–Crippen MR) is 167 cm³/mol. The van der Waals surface area contributed by atoms with Gasteiger partial charge in [0.2, 0.25) is 11.8 Å². The smallest absolute Gasteiger partial charge is 0.369 e. The van der Waals surface area contributed by atoms with Gasteiger partial charge in [0.1, 0.15) is 22.6 Å². The summed E-state index contributed by atoms with van der Waals surface area (Å²) in [6, 6.07) is 6.13. The van der Waals surface area contributed by atoms with E-state index in [1.807, 2.05) is 4.90 Å². The van der Waals surface area contributed by atoms with Gasteiger partial charge in [-0.15, -0.1) is 0 Å². The highest BCUT2D eigenvalue weighted by atomic mass is 32.1. The molecule has 16 heteroatoms. The zero-order valence-corrected chi connectivity index (χ0v) is 26.2. The second kappa shape index (κ2) is 11.9. The third kappa shape index (κ3) is 5.86. The van der Waals surface area contributed by atoms with Gasteiger partial charge in [-0.2, -0.15) is 23.5 Å². The molecule has 2 fully saturated rings. The molecule has 0 radical (unpaired) electrons. The van der Waals surface area contributed by atoms with Crippen molar-refractivity contribution in [3.05, 3.63) is 70.8 Å². The first-order chi connectivity index (χ1) is 22.7. The number of imide groups is 2. The quantitative estimate of drug-likeness (QED) is 0.234. The van der Waals surface area contributed by atoms with E-state index >= 15 is 0 Å². The second-order valence-corrected chi connectivity index (χ2v) is 12.4. The zero-order chi connectivity index (χ0) is 34.5. The number of halogens is 3. The maximum Gasteiger partial charge on any atom is 0.419 e. The highest BCUT2D eigenvalue weighted by Gasteiger charge is 2.45. The summed E-state index contributed by atoms with van der Waals surface area (Å²) in [4.78, 5) is 56.6. The molecule has 0 bridgehead atoms. The molecule has 1 unspecified atom stereocenters. The van der Waals surface area contributed by atoms with Crippen molar-refractivity contribution < 1.29 is 32.3 Å². The summed E-state index contributed by atoms with van der Waals surface area (Å²) in [6.45, 7) is 4.60. The van der Waals surface area contributed by atoms with E-state index in [2.05, 4.69) is 32.6 Å². The summed E-state index contributed by atoms with van der Waals surface area (Å²) in [6.07, 6.45) is -0.307. The maximum atomic E-state index is 13.4. The molecule has 0 spiro atoms. The number of anilines is 2. The first-order valence-electron chi connectivity index (χ1n) is 14.6. The lowest BCUT2D eigenvalue weighted by Crippen LogP contribution is -2.54. The van der Waals surface area contributed by atoms with Crippen LogP contribution in [0.3, 0.4) is 0 Å². The molecule has 2 N–H and O–H groups in total. The normalized spacial score (nSPS) is 18.0. The van der Waals surface area contributed by atoms with Crippen LogP contribution in [0.15, 0.2) is 42.9 Å². The van der Waals surface area contributed by atoms with Crippen molar-refractivity contribution in [2.45, 2.75) is 44.4 Å². The molecule has 3 aromatic rings. The van der Waals surface area contributed by atoms with Gasteiger partial charge in [0.15, 0.2) is 5.69 Å². The summed E-state index contributed by atoms with van der Waals surface area (Å²) in [5, 5.41) is 18.3. The van der Waals surface area contributed by atoms with Gasteiger partial charge in [-0.1, -0.05) is 24.1 Å². The van der Waals surface area contributed by atoms with Crippen molar-refractivity contribution in [2.75, 3.05) is 23.3 Å². The van der Waals surface area contributed by atoms with Crippen molar-refractivity contribution in [3.8, 4) is 17.9 Å². The molecule has 3 aliphatic rings. The number of pyridine rings is 1. The van der Waals surface area contributed by atoms with Crippen LogP contribution in [0.2, 0.25) is 0 Å². The number of nitriles is 1. The summed E-state index contributed by atoms with van der Waals surface area (Å²) in [5.74, 6) is 4.04. The van der Waals surface area contributed by atoms with Crippen molar-refractivity contribution in [3.63, 3.8) is 0 Å². The van der Waals surface area contributed by atoms with Crippen LogP contribution >= 0.6 is 12.2 Å². The molecule has 244 valence electrons. The minimum atomic E-state index is -4.76. The fourth-order valence-corrected chi connectivity index (χ4v) is 5.75. The fraction of sp³-hybridized carbons (Fsp3) is 0.312. The van der Waals surface area contributed by atoms with Crippen LogP contribution in [-0.4, -0.2) is 67.4 Å². The minimum absolute atomic E-state index is 0.00127. The topological polar surface area (TPSA) is 153 Å². The van der Waals surface area contributed by atoms with Crippen LogP contribution in [0.4, 0.5) is 24.5 Å². The Hall–Kier alpha value is -5.61. The van der Waals surface area contributed by atoms with Crippen LogP contribution in [-0.2, 0) is 21.3 Å². The summed E-state index contributed by atoms with van der Waals surface area (Å²) < 4.78 is 41.6. The molecule has 2 aromatic heterocycles. The zero-order valence-electron chi connectivity index (χ0n) is 25.4. The monoisotopic (exact) mass is 674 g/mol. The standard InChI is InChI=1S/C32H25F3N8O4S/c1-31(2,30(48)39-19-9-23(32(33,34)35)24(11-36)37-13-19)42-16-17(12-38-42)3-4-18-14-41(15-18)20-5-6-21-22(10-20)29(47)43(28(21)46)25-7-8-26(44)40-27(25)45/h5-6,9-10,12-13,16,18,25H,7-8,14-15H2,1-2H3,(H,39,48)(H,40,44,45). The number of alkyl halides is 3. The third-order valence-electron chi connectivity index (χ3n) is 8.36. The Kier molecular flexibility index (Phi) is 8.00. The van der Waals surface area contributed by atoms with E-state index in [0.29, 0.717) is 18.7 Å². The van der Waals surface area contributed by atoms with E-state index < -0.39 is 52.6 Å². The lowest BCUT2D eigenvalue weighted by molar-refractivity contribution is -0.138. The molecular weight excluding hydrogens is 649 g/mol. The number of hydrogen-bond acceptors (Lipinski definition) is 9. The van der Waals surface area contributed by atoms with E-state index in [-0.39, 0.29) is 40.6 Å². The van der Waals surface area contributed by atoms with Gasteiger partial charge in [-0.3, -0.25) is 34.1 Å². The number of amides is 4. The van der Waals surface area contributed by atoms with Crippen molar-refractivity contribution in [1.82, 2.24) is 25.0 Å². The van der Waals surface area contributed by atoms with Crippen molar-refractivity contribution >= 4 is 52.2 Å². The fourth-order valence-electron chi connectivity index (χ4n) is 5.54. The number of hydrogen-bond donors (Lipinski definition) is 2. The van der Waals surface area contributed by atoms with Gasteiger partial charge in [-0.05, 0) is 44.5 Å². The first-order valence-corrected chi connectivity index (χ1v) is 15.0. The highest BCUT2D eigenvalue weighted by Crippen LogP contribution is 2.34. The summed E-state index contributed by atoms with van der Waals surface area (Å²) >= 11 is 5.49. The van der Waals surface area contributed by atoms with Gasteiger partial charge in [0.25, 0.3) is 11.8 Å². The Morgan fingerprint density at radius 3 is 2.50 bits per heavy atom. The van der Waals surface area contributed by atoms with E-state index in [1.54, 1.807) is 49.1 Å². The van der Waals surface area contributed by atoms with Crippen LogP contribution in [0.25, 0.3) is 0 Å². The highest BCUT2D eigenvalue weighted by molar-refractivity contribution is 7.80. The van der Waals surface area contributed by atoms with Crippen LogP contribution < -0.4 is 15.5 Å². The Morgan fingerprint density at radius 2 is 1.81 bits per heavy atom. The van der Waals surface area contributed by atoms with Gasteiger partial charge >= 0.3 is 6.18 Å². The molecule has 4 amide bonds. The Morgan fingerprint density at radius 1 is 1.08 bits per heavy atom. The number of piperidine rings is 1. The summed E-state index contributed by atoms with van der Waals surface area (Å²) in [7, 11) is 0. The average molecular weight is 675 g/mol. The van der Waals surface area contributed by atoms with Crippen LogP contribution in [0.1, 0.15) is 64.2 Å². The number of carbonyl (C=O) groups is 4. The van der Waals surface area contributed by atoms with Crippen molar-refractivity contribution in [2.24, 2.45) is 5.92 Å². The van der Waals surface area contributed by atoms with Gasteiger partial charge in [0.05, 0.1) is 46.3 Å². The van der Waals surface area contributed by atoms with Gasteiger partial charge in [-0.25, -0.2) is 4.98 Å². The van der Waals surface area contributed by atoms with Crippen LogP contribution in [0.5, 0.6) is 0 Å². The largest absolute Gasteiger partial charge is 0.419 e. The number of thiocarbonyl (C=S) groups is 1. The molecule has 48 heavy (non-hydrogen) atoms. The number of nitrogens with one attached hydrogen (secondary N) is 2. The van der Waals surface area contributed by atoms with Crippen molar-refractivity contribution in [1.29, 1.82) is 5.26 Å². The number of carbonyl (C=O) groups excluding carboxylic acids is 4. The van der Waals surface area contributed by atoms with Crippen LogP contribution in [0, 0.1) is 29.1 Å². The number of aromatic nitrogens is 3. The Bertz CT molecular complexity index is 2020. The van der Waals surface area contributed by atoms with E-state index in [0.717, 1.165) is 22.9 Å². The molecule has 3 aliphatic heterocycles. The van der Waals surface area contributed by atoms with E-state index in [1.165, 1.54) is 6.07 Å². The Labute approximate surface area is 276 Å². The molecule has 2 saturated heterocycles. The molecule has 0 aliphatic carbocycles. The van der Waals surface area contributed by atoms with Gasteiger partial charge in [0, 0.05) is 31.4 Å². The van der Waals surface area contributed by atoms with E-state index in [4.69, 9.17) is 17.5 Å². The van der Waals surface area contributed by atoms with Gasteiger partial charge < -0.3 is 10.2 Å². The summed E-state index contributed by atoms with van der Waals surface area (Å²) in [5.41, 5.74) is -1.15. The molecular formula is C32H25F3N8O4S. The lowest BCUT2D eigenvalue weighted by atomic mass is 9.98. The molecule has 0 saturated carbocycles. The molecule has 5 heterocycles. The number of rotatable bonds is 5. The first kappa shape index (κ1) is 32.3. The predicted octanol–water partition coefficient (Wildman–Crippen LogP) is 3.23. The Balaban J connectivity index is 1.08. The van der Waals surface area contributed by atoms with E-state index in [9.17, 15) is 32.3 Å². The molecule has 1 aromatic carbocycles. The average Bonchev–Trinajstić information content (AvgIpc) is 3.59. The second-order valence-electron chi connectivity index (χ2n) is 12.0. The number of benzene rings is 1. The minimum Gasteiger partial charge on any atom is -0.369 e. The molecule has 1 atom stereocenters. The number of fused-ring (bicyclic) bond motifs is 1. The maximum absolute atomic E-state index is 13.4. The molecule has 6 rings (SSSR count).